The van der Waals surface area contributed by atoms with E-state index in [-0.39, 0.29) is 6.10 Å². The quantitative estimate of drug-likeness (QED) is 0.792. The molecule has 18 heavy (non-hydrogen) atoms. The smallest absolute Gasteiger partial charge is 0.372 e. The van der Waals surface area contributed by atoms with Crippen LogP contribution in [0, 0.1) is 0 Å². The molecule has 0 saturated carbocycles. The number of alkyl halides is 3. The Balaban J connectivity index is 1.97. The third-order valence-electron chi connectivity index (χ3n) is 2.65. The van der Waals surface area contributed by atoms with Gasteiger partial charge in [-0.1, -0.05) is 6.08 Å². The van der Waals surface area contributed by atoms with Crippen molar-refractivity contribution in [1.29, 1.82) is 0 Å². The summed E-state index contributed by atoms with van der Waals surface area (Å²) in [6.45, 7) is 5.27. The molecule has 0 amide bonds. The fraction of sp³-hybridized carbons (Fsp3) is 0.545. The molecule has 1 aromatic rings. The molecule has 1 saturated heterocycles. The molecule has 3 nitrogen and oxygen atoms in total. The number of hydrogen-bond acceptors (Lipinski definition) is 4. The Morgan fingerprint density at radius 2 is 2.39 bits per heavy atom. The SMILES string of the molecule is C=CCOC1CCN(c2nc(C(F)(F)F)cs2)C1. The first-order valence-electron chi connectivity index (χ1n) is 5.51. The predicted molar refractivity (Wildman–Crippen MR) is 63.9 cm³/mol. The van der Waals surface area contributed by atoms with Crippen molar-refractivity contribution in [1.82, 2.24) is 4.98 Å². The Hall–Kier alpha value is -1.08. The van der Waals surface area contributed by atoms with Gasteiger partial charge in [0.1, 0.15) is 0 Å². The first-order valence-corrected chi connectivity index (χ1v) is 6.39. The highest BCUT2D eigenvalue weighted by atomic mass is 32.1. The number of rotatable bonds is 4. The zero-order chi connectivity index (χ0) is 13.2. The number of thiazole rings is 1. The van der Waals surface area contributed by atoms with Gasteiger partial charge in [-0.05, 0) is 6.42 Å². The minimum atomic E-state index is -4.37. The monoisotopic (exact) mass is 278 g/mol. The highest BCUT2D eigenvalue weighted by Gasteiger charge is 2.35. The summed E-state index contributed by atoms with van der Waals surface area (Å²) >= 11 is 1.02. The van der Waals surface area contributed by atoms with Gasteiger partial charge in [0.2, 0.25) is 0 Å². The molecule has 0 radical (unpaired) electrons. The molecule has 0 spiro atoms. The molecule has 1 unspecified atom stereocenters. The molecule has 0 aromatic carbocycles. The van der Waals surface area contributed by atoms with E-state index in [1.807, 2.05) is 4.90 Å². The lowest BCUT2D eigenvalue weighted by Crippen LogP contribution is -2.23. The second-order valence-corrected chi connectivity index (χ2v) is 4.83. The Bertz CT molecular complexity index is 419. The molecular weight excluding hydrogens is 265 g/mol. The standard InChI is InChI=1S/C11H13F3N2OS/c1-2-5-17-8-3-4-16(6-8)10-15-9(7-18-10)11(12,13)14/h2,7-8H,1,3-6H2. The lowest BCUT2D eigenvalue weighted by atomic mass is 10.3. The van der Waals surface area contributed by atoms with Gasteiger partial charge >= 0.3 is 6.18 Å². The van der Waals surface area contributed by atoms with Gasteiger partial charge in [0.05, 0.1) is 12.7 Å². The van der Waals surface area contributed by atoms with Crippen LogP contribution in [0.3, 0.4) is 0 Å². The van der Waals surface area contributed by atoms with E-state index >= 15 is 0 Å². The van der Waals surface area contributed by atoms with Gasteiger partial charge in [-0.25, -0.2) is 4.98 Å². The van der Waals surface area contributed by atoms with Crippen molar-refractivity contribution in [3.8, 4) is 0 Å². The largest absolute Gasteiger partial charge is 0.434 e. The van der Waals surface area contributed by atoms with Crippen LogP contribution < -0.4 is 4.90 Å². The van der Waals surface area contributed by atoms with Crippen LogP contribution in [-0.2, 0) is 10.9 Å². The first-order chi connectivity index (χ1) is 8.50. The van der Waals surface area contributed by atoms with Gasteiger partial charge < -0.3 is 9.64 Å². The van der Waals surface area contributed by atoms with Crippen LogP contribution in [0.4, 0.5) is 18.3 Å². The molecular formula is C11H13F3N2OS. The van der Waals surface area contributed by atoms with Crippen LogP contribution >= 0.6 is 11.3 Å². The zero-order valence-electron chi connectivity index (χ0n) is 9.61. The van der Waals surface area contributed by atoms with E-state index in [2.05, 4.69) is 11.6 Å². The van der Waals surface area contributed by atoms with Crippen molar-refractivity contribution < 1.29 is 17.9 Å². The van der Waals surface area contributed by atoms with Crippen molar-refractivity contribution in [2.75, 3.05) is 24.6 Å². The molecule has 1 fully saturated rings. The maximum Gasteiger partial charge on any atom is 0.434 e. The number of halogens is 3. The van der Waals surface area contributed by atoms with Gasteiger partial charge in [0.25, 0.3) is 0 Å². The number of aromatic nitrogens is 1. The Labute approximate surface area is 107 Å². The second kappa shape index (κ2) is 5.27. The molecule has 1 atom stereocenters. The van der Waals surface area contributed by atoms with Crippen molar-refractivity contribution in [3.05, 3.63) is 23.7 Å². The number of nitrogens with zero attached hydrogens (tertiary/aromatic N) is 2. The molecule has 1 aliphatic heterocycles. The Morgan fingerprint density at radius 3 is 3.00 bits per heavy atom. The van der Waals surface area contributed by atoms with E-state index < -0.39 is 11.9 Å². The predicted octanol–water partition coefficient (Wildman–Crippen LogP) is 2.94. The van der Waals surface area contributed by atoms with Gasteiger partial charge in [-0.2, -0.15) is 13.2 Å². The summed E-state index contributed by atoms with van der Waals surface area (Å²) in [4.78, 5) is 5.45. The summed E-state index contributed by atoms with van der Waals surface area (Å²) in [7, 11) is 0. The van der Waals surface area contributed by atoms with Crippen LogP contribution in [-0.4, -0.2) is 30.8 Å². The fourth-order valence-corrected chi connectivity index (χ4v) is 2.65. The van der Waals surface area contributed by atoms with Crippen molar-refractivity contribution in [2.45, 2.75) is 18.7 Å². The maximum absolute atomic E-state index is 12.4. The highest BCUT2D eigenvalue weighted by Crippen LogP contribution is 2.34. The van der Waals surface area contributed by atoms with E-state index in [1.54, 1.807) is 6.08 Å². The van der Waals surface area contributed by atoms with Gasteiger partial charge in [-0.3, -0.25) is 0 Å². The average Bonchev–Trinajstić information content (AvgIpc) is 2.93. The van der Waals surface area contributed by atoms with Crippen LogP contribution in [0.2, 0.25) is 0 Å². The molecule has 7 heteroatoms. The van der Waals surface area contributed by atoms with Crippen molar-refractivity contribution in [3.63, 3.8) is 0 Å². The zero-order valence-corrected chi connectivity index (χ0v) is 10.4. The Morgan fingerprint density at radius 1 is 1.61 bits per heavy atom. The number of ether oxygens (including phenoxy) is 1. The van der Waals surface area contributed by atoms with Gasteiger partial charge in [-0.15, -0.1) is 17.9 Å². The van der Waals surface area contributed by atoms with Gasteiger partial charge in [0, 0.05) is 18.5 Å². The second-order valence-electron chi connectivity index (χ2n) is 3.99. The molecule has 2 heterocycles. The Kier molecular flexibility index (Phi) is 3.91. The van der Waals surface area contributed by atoms with Crippen LogP contribution in [0.25, 0.3) is 0 Å². The number of hydrogen-bond donors (Lipinski definition) is 0. The first kappa shape index (κ1) is 13.4. The van der Waals surface area contributed by atoms with Crippen LogP contribution in [0.1, 0.15) is 12.1 Å². The maximum atomic E-state index is 12.4. The van der Waals surface area contributed by atoms with Crippen molar-refractivity contribution in [2.24, 2.45) is 0 Å². The summed E-state index contributed by atoms with van der Waals surface area (Å²) < 4.78 is 42.7. The summed E-state index contributed by atoms with van der Waals surface area (Å²) in [5.41, 5.74) is -0.821. The molecule has 2 rings (SSSR count). The fourth-order valence-electron chi connectivity index (χ4n) is 1.78. The summed E-state index contributed by atoms with van der Waals surface area (Å²) in [5.74, 6) is 0. The molecule has 0 aliphatic carbocycles. The van der Waals surface area contributed by atoms with E-state index in [0.717, 1.165) is 23.1 Å². The van der Waals surface area contributed by atoms with E-state index in [4.69, 9.17) is 4.74 Å². The topological polar surface area (TPSA) is 25.4 Å². The molecule has 1 aliphatic rings. The minimum absolute atomic E-state index is 0.0428. The summed E-state index contributed by atoms with van der Waals surface area (Å²) in [5, 5.41) is 1.46. The van der Waals surface area contributed by atoms with Crippen molar-refractivity contribution >= 4 is 16.5 Å². The van der Waals surface area contributed by atoms with E-state index in [0.29, 0.717) is 24.8 Å². The lowest BCUT2D eigenvalue weighted by molar-refractivity contribution is -0.140. The average molecular weight is 278 g/mol. The highest BCUT2D eigenvalue weighted by molar-refractivity contribution is 7.13. The van der Waals surface area contributed by atoms with E-state index in [1.165, 1.54) is 0 Å². The summed E-state index contributed by atoms with van der Waals surface area (Å²) in [6, 6.07) is 0. The minimum Gasteiger partial charge on any atom is -0.372 e. The van der Waals surface area contributed by atoms with Crippen LogP contribution in [0.5, 0.6) is 0 Å². The molecule has 100 valence electrons. The third kappa shape index (κ3) is 3.02. The van der Waals surface area contributed by atoms with Gasteiger partial charge in [0.15, 0.2) is 10.8 Å². The summed E-state index contributed by atoms with van der Waals surface area (Å²) in [6.07, 6.45) is -1.86. The third-order valence-corrected chi connectivity index (χ3v) is 3.55. The molecule has 0 bridgehead atoms. The van der Waals surface area contributed by atoms with Crippen LogP contribution in [0.15, 0.2) is 18.0 Å². The van der Waals surface area contributed by atoms with E-state index in [9.17, 15) is 13.2 Å². The number of anilines is 1. The molecule has 0 N–H and O–H groups in total. The molecule has 1 aromatic heterocycles. The normalized spacial score (nSPS) is 20.4. The lowest BCUT2D eigenvalue weighted by Gasteiger charge is -2.14.